The summed E-state index contributed by atoms with van der Waals surface area (Å²) in [6.45, 7) is 1.27. The van der Waals surface area contributed by atoms with Crippen LogP contribution < -0.4 is 0 Å². The Bertz CT molecular complexity index is 91.3. The summed E-state index contributed by atoms with van der Waals surface area (Å²) in [7, 11) is 0. The van der Waals surface area contributed by atoms with Crippen LogP contribution in [0.4, 0.5) is 0 Å². The van der Waals surface area contributed by atoms with Crippen LogP contribution in [0.2, 0.25) is 0 Å². The number of carboxylic acid groups (broad SMARTS) is 1. The highest BCUT2D eigenvalue weighted by Gasteiger charge is 2.08. The first-order valence-electron chi connectivity index (χ1n) is 2.17. The van der Waals surface area contributed by atoms with Crippen molar-refractivity contribution in [1.29, 1.82) is 0 Å². The Morgan fingerprint density at radius 2 is 2.12 bits per heavy atom. The second-order valence-corrected chi connectivity index (χ2v) is 1.56. The highest BCUT2D eigenvalue weighted by Crippen LogP contribution is 1.94. The van der Waals surface area contributed by atoms with Gasteiger partial charge >= 0.3 is 0 Å². The lowest BCUT2D eigenvalue weighted by Crippen LogP contribution is -2.27. The first-order valence-corrected chi connectivity index (χ1v) is 2.17. The molecule has 0 fully saturated rings. The van der Waals surface area contributed by atoms with Gasteiger partial charge in [-0.05, 0) is 13.0 Å². The Balaban J connectivity index is 3.64. The molecule has 4 nitrogen and oxygen atoms in total. The summed E-state index contributed by atoms with van der Waals surface area (Å²) in [6, 6.07) is -1.41. The van der Waals surface area contributed by atoms with Gasteiger partial charge in [-0.25, -0.2) is 0 Å². The SMILES string of the molecule is C[C@@H](O)C([NH-])C(=O)O. The van der Waals surface area contributed by atoms with E-state index in [1.807, 2.05) is 0 Å². The van der Waals surface area contributed by atoms with Gasteiger partial charge in [0, 0.05) is 6.10 Å². The molecule has 0 heterocycles. The fraction of sp³-hybridized carbons (Fsp3) is 0.750. The summed E-state index contributed by atoms with van der Waals surface area (Å²) in [6.07, 6.45) is -1.09. The molecule has 0 saturated carbocycles. The van der Waals surface area contributed by atoms with E-state index >= 15 is 0 Å². The Morgan fingerprint density at radius 3 is 2.12 bits per heavy atom. The minimum Gasteiger partial charge on any atom is -0.663 e. The maximum absolute atomic E-state index is 9.79. The van der Waals surface area contributed by atoms with Crippen LogP contribution in [0.5, 0.6) is 0 Å². The van der Waals surface area contributed by atoms with E-state index < -0.39 is 18.1 Å². The smallest absolute Gasteiger partial charge is 0.287 e. The minimum absolute atomic E-state index is 1.09. The summed E-state index contributed by atoms with van der Waals surface area (Å²) in [5, 5.41) is 16.4. The van der Waals surface area contributed by atoms with Crippen LogP contribution in [0, 0.1) is 0 Å². The maximum Gasteiger partial charge on any atom is 0.287 e. The predicted molar refractivity (Wildman–Crippen MR) is 27.4 cm³/mol. The van der Waals surface area contributed by atoms with Gasteiger partial charge in [0.15, 0.2) is 0 Å². The number of nitrogens with one attached hydrogen (secondary N) is 1. The molecule has 3 N–H and O–H groups in total. The molecule has 0 aliphatic rings. The van der Waals surface area contributed by atoms with Crippen LogP contribution >= 0.6 is 0 Å². The van der Waals surface area contributed by atoms with Crippen LogP contribution in [0.1, 0.15) is 6.92 Å². The zero-order chi connectivity index (χ0) is 6.73. The van der Waals surface area contributed by atoms with Crippen LogP contribution in [0.15, 0.2) is 0 Å². The molecular weight excluding hydrogens is 110 g/mol. The molecular formula is C4H8NO3-. The van der Waals surface area contributed by atoms with Gasteiger partial charge in [0.25, 0.3) is 5.97 Å². The van der Waals surface area contributed by atoms with Gasteiger partial charge in [-0.15, -0.1) is 0 Å². The molecule has 0 rings (SSSR count). The second kappa shape index (κ2) is 2.64. The van der Waals surface area contributed by atoms with Crippen molar-refractivity contribution in [1.82, 2.24) is 0 Å². The van der Waals surface area contributed by atoms with Crippen LogP contribution in [-0.2, 0) is 4.79 Å². The quantitative estimate of drug-likeness (QED) is 0.530. The lowest BCUT2D eigenvalue weighted by molar-refractivity contribution is -0.139. The van der Waals surface area contributed by atoms with Crippen molar-refractivity contribution in [3.05, 3.63) is 5.73 Å². The van der Waals surface area contributed by atoms with Crippen molar-refractivity contribution in [2.24, 2.45) is 0 Å². The summed E-state index contributed by atoms with van der Waals surface area (Å²) in [5.41, 5.74) is 6.63. The molecule has 0 aromatic heterocycles. The van der Waals surface area contributed by atoms with Gasteiger partial charge < -0.3 is 15.9 Å². The molecule has 2 atom stereocenters. The average Bonchev–Trinajstić information content (AvgIpc) is 1.64. The summed E-state index contributed by atoms with van der Waals surface area (Å²) < 4.78 is 0. The van der Waals surface area contributed by atoms with Gasteiger partial charge in [0.05, 0.1) is 0 Å². The van der Waals surface area contributed by atoms with E-state index in [0.717, 1.165) is 0 Å². The summed E-state index contributed by atoms with van der Waals surface area (Å²) in [5.74, 6) is -1.29. The van der Waals surface area contributed by atoms with Crippen molar-refractivity contribution in [2.75, 3.05) is 0 Å². The van der Waals surface area contributed by atoms with Crippen LogP contribution in [0.25, 0.3) is 5.73 Å². The molecule has 8 heavy (non-hydrogen) atoms. The van der Waals surface area contributed by atoms with Gasteiger partial charge in [-0.2, -0.15) is 0 Å². The third-order valence-corrected chi connectivity index (χ3v) is 0.748. The van der Waals surface area contributed by atoms with Crippen molar-refractivity contribution in [2.45, 2.75) is 19.1 Å². The van der Waals surface area contributed by atoms with E-state index in [9.17, 15) is 4.79 Å². The number of aliphatic hydroxyl groups is 1. The van der Waals surface area contributed by atoms with E-state index in [4.69, 9.17) is 15.9 Å². The highest BCUT2D eigenvalue weighted by molar-refractivity contribution is 5.75. The van der Waals surface area contributed by atoms with Crippen molar-refractivity contribution in [3.8, 4) is 0 Å². The molecule has 0 radical (unpaired) electrons. The number of rotatable bonds is 2. The molecule has 4 heteroatoms. The third-order valence-electron chi connectivity index (χ3n) is 0.748. The molecule has 0 aliphatic heterocycles. The topological polar surface area (TPSA) is 81.3 Å². The fourth-order valence-corrected chi connectivity index (χ4v) is 0.206. The number of aliphatic hydroxyl groups excluding tert-OH is 1. The van der Waals surface area contributed by atoms with Gasteiger partial charge in [0.2, 0.25) is 0 Å². The molecule has 48 valence electrons. The van der Waals surface area contributed by atoms with E-state index in [-0.39, 0.29) is 0 Å². The van der Waals surface area contributed by atoms with Crippen molar-refractivity contribution >= 4 is 5.97 Å². The van der Waals surface area contributed by atoms with Crippen LogP contribution in [0.3, 0.4) is 0 Å². The van der Waals surface area contributed by atoms with Crippen molar-refractivity contribution in [3.63, 3.8) is 0 Å². The number of aliphatic carboxylic acids is 1. The molecule has 0 amide bonds. The van der Waals surface area contributed by atoms with E-state index in [1.54, 1.807) is 0 Å². The molecule has 0 saturated heterocycles. The zero-order valence-corrected chi connectivity index (χ0v) is 4.46. The second-order valence-electron chi connectivity index (χ2n) is 1.56. The monoisotopic (exact) mass is 118 g/mol. The zero-order valence-electron chi connectivity index (χ0n) is 4.46. The first kappa shape index (κ1) is 7.39. The lowest BCUT2D eigenvalue weighted by Gasteiger charge is -2.16. The number of hydrogen-bond acceptors (Lipinski definition) is 2. The largest absolute Gasteiger partial charge is 0.663 e. The molecule has 0 aromatic rings. The Labute approximate surface area is 46.9 Å². The van der Waals surface area contributed by atoms with Crippen molar-refractivity contribution < 1.29 is 15.0 Å². The van der Waals surface area contributed by atoms with Crippen LogP contribution in [-0.4, -0.2) is 28.3 Å². The number of carbonyl (C=O) groups is 1. The molecule has 0 aromatic carbocycles. The third kappa shape index (κ3) is 1.90. The molecule has 0 bridgehead atoms. The predicted octanol–water partition coefficient (Wildman–Crippen LogP) is -0.127. The maximum atomic E-state index is 9.79. The fourth-order valence-electron chi connectivity index (χ4n) is 0.206. The number of hydrogen-bond donors (Lipinski definition) is 2. The van der Waals surface area contributed by atoms with E-state index in [2.05, 4.69) is 0 Å². The summed E-state index contributed by atoms with van der Waals surface area (Å²) in [4.78, 5) is 9.79. The highest BCUT2D eigenvalue weighted by atomic mass is 16.4. The Morgan fingerprint density at radius 1 is 1.75 bits per heavy atom. The minimum atomic E-state index is -1.41. The normalized spacial score (nSPS) is 17.4. The number of carboxylic acids is 1. The molecule has 0 aliphatic carbocycles. The van der Waals surface area contributed by atoms with E-state index in [0.29, 0.717) is 0 Å². The first-order chi connectivity index (χ1) is 3.55. The van der Waals surface area contributed by atoms with E-state index in [1.165, 1.54) is 6.92 Å². The average molecular weight is 118 g/mol. The Hall–Kier alpha value is -0.610. The van der Waals surface area contributed by atoms with Gasteiger partial charge in [-0.1, -0.05) is 0 Å². The lowest BCUT2D eigenvalue weighted by atomic mass is 10.2. The Kier molecular flexibility index (Phi) is 2.44. The van der Waals surface area contributed by atoms with Gasteiger partial charge in [-0.3, -0.25) is 4.79 Å². The van der Waals surface area contributed by atoms with Gasteiger partial charge in [0.1, 0.15) is 0 Å². The molecule has 0 spiro atoms. The standard InChI is InChI=1S/C4H8NO3/c1-2(6)3(5)4(7)8/h2-3,5-6H,1H3,(H,7,8)/q-1/t2-,3?/m1/s1. The molecule has 1 unspecified atom stereocenters. The summed E-state index contributed by atoms with van der Waals surface area (Å²) >= 11 is 0.